The number of aromatic nitrogens is 2. The molecule has 2 aromatic heterocycles. The first kappa shape index (κ1) is 14.1. The standard InChI is InChI=1S/C16H21N3O2/c1-12-7-8-19(14(10-12)15-4-3-9-21-15)11-13-5-6-16(20-2)18-17-13/h3-6,9,12,14H,7-8,10-11H2,1-2H3/t12-,14-/m1/s1. The van der Waals surface area contributed by atoms with Gasteiger partial charge in [-0.25, -0.2) is 0 Å². The fourth-order valence-electron chi connectivity index (χ4n) is 2.91. The highest BCUT2D eigenvalue weighted by Gasteiger charge is 2.29. The molecule has 0 bridgehead atoms. The maximum Gasteiger partial charge on any atom is 0.233 e. The molecule has 0 spiro atoms. The van der Waals surface area contributed by atoms with Crippen LogP contribution in [0, 0.1) is 5.92 Å². The summed E-state index contributed by atoms with van der Waals surface area (Å²) in [6, 6.07) is 8.18. The van der Waals surface area contributed by atoms with Crippen molar-refractivity contribution in [2.24, 2.45) is 5.92 Å². The molecule has 1 saturated heterocycles. The monoisotopic (exact) mass is 287 g/mol. The molecule has 0 aliphatic carbocycles. The minimum atomic E-state index is 0.327. The van der Waals surface area contributed by atoms with E-state index in [2.05, 4.69) is 28.1 Å². The molecule has 0 radical (unpaired) electrons. The van der Waals surface area contributed by atoms with Gasteiger partial charge in [0.2, 0.25) is 5.88 Å². The van der Waals surface area contributed by atoms with Crippen molar-refractivity contribution in [1.82, 2.24) is 15.1 Å². The molecule has 2 aromatic rings. The van der Waals surface area contributed by atoms with Crippen molar-refractivity contribution in [3.8, 4) is 5.88 Å². The van der Waals surface area contributed by atoms with E-state index in [9.17, 15) is 0 Å². The Bertz CT molecular complexity index is 553. The number of piperidine rings is 1. The summed E-state index contributed by atoms with van der Waals surface area (Å²) in [5, 5.41) is 8.27. The number of hydrogen-bond donors (Lipinski definition) is 0. The summed E-state index contributed by atoms with van der Waals surface area (Å²) in [5.74, 6) is 2.31. The van der Waals surface area contributed by atoms with Gasteiger partial charge in [0.1, 0.15) is 5.76 Å². The van der Waals surface area contributed by atoms with E-state index < -0.39 is 0 Å². The Hall–Kier alpha value is -1.88. The average molecular weight is 287 g/mol. The van der Waals surface area contributed by atoms with Crippen LogP contribution in [0.4, 0.5) is 0 Å². The average Bonchev–Trinajstić information content (AvgIpc) is 3.04. The fraction of sp³-hybridized carbons (Fsp3) is 0.500. The van der Waals surface area contributed by atoms with Crippen molar-refractivity contribution in [3.63, 3.8) is 0 Å². The van der Waals surface area contributed by atoms with E-state index in [4.69, 9.17) is 9.15 Å². The zero-order valence-electron chi connectivity index (χ0n) is 12.5. The lowest BCUT2D eigenvalue weighted by Gasteiger charge is -2.37. The van der Waals surface area contributed by atoms with Gasteiger partial charge in [0.15, 0.2) is 0 Å². The van der Waals surface area contributed by atoms with E-state index in [1.165, 1.54) is 6.42 Å². The molecule has 3 rings (SSSR count). The molecular weight excluding hydrogens is 266 g/mol. The molecule has 0 aromatic carbocycles. The Labute approximate surface area is 124 Å². The third-order valence-electron chi connectivity index (χ3n) is 4.12. The molecule has 5 nitrogen and oxygen atoms in total. The summed E-state index contributed by atoms with van der Waals surface area (Å²) in [6.07, 6.45) is 4.08. The van der Waals surface area contributed by atoms with Crippen LogP contribution in [0.3, 0.4) is 0 Å². The van der Waals surface area contributed by atoms with Crippen LogP contribution in [-0.4, -0.2) is 28.8 Å². The van der Waals surface area contributed by atoms with E-state index in [1.807, 2.05) is 18.2 Å². The Morgan fingerprint density at radius 3 is 2.90 bits per heavy atom. The number of nitrogens with zero attached hydrogens (tertiary/aromatic N) is 3. The quantitative estimate of drug-likeness (QED) is 0.865. The fourth-order valence-corrected chi connectivity index (χ4v) is 2.91. The van der Waals surface area contributed by atoms with Crippen molar-refractivity contribution in [2.45, 2.75) is 32.4 Å². The largest absolute Gasteiger partial charge is 0.480 e. The number of furan rings is 1. The third-order valence-corrected chi connectivity index (χ3v) is 4.12. The summed E-state index contributed by atoms with van der Waals surface area (Å²) in [6.45, 7) is 4.15. The van der Waals surface area contributed by atoms with Crippen molar-refractivity contribution in [3.05, 3.63) is 42.0 Å². The predicted octanol–water partition coefficient (Wildman–Crippen LogP) is 3.05. The molecule has 0 N–H and O–H groups in total. The highest BCUT2D eigenvalue weighted by Crippen LogP contribution is 2.35. The van der Waals surface area contributed by atoms with Crippen LogP contribution in [0.5, 0.6) is 5.88 Å². The first-order valence-corrected chi connectivity index (χ1v) is 7.40. The number of likely N-dealkylation sites (tertiary alicyclic amines) is 1. The molecule has 1 aliphatic rings. The smallest absolute Gasteiger partial charge is 0.233 e. The zero-order chi connectivity index (χ0) is 14.7. The van der Waals surface area contributed by atoms with Gasteiger partial charge in [0.25, 0.3) is 0 Å². The van der Waals surface area contributed by atoms with Crippen LogP contribution >= 0.6 is 0 Å². The summed E-state index contributed by atoms with van der Waals surface area (Å²) in [7, 11) is 1.60. The molecule has 0 amide bonds. The Morgan fingerprint density at radius 2 is 2.24 bits per heavy atom. The molecule has 5 heteroatoms. The van der Waals surface area contributed by atoms with Crippen LogP contribution in [0.15, 0.2) is 34.9 Å². The summed E-state index contributed by atoms with van der Waals surface area (Å²) in [4.78, 5) is 2.43. The van der Waals surface area contributed by atoms with Crippen molar-refractivity contribution >= 4 is 0 Å². The number of rotatable bonds is 4. The lowest BCUT2D eigenvalue weighted by Crippen LogP contribution is -2.35. The van der Waals surface area contributed by atoms with Crippen LogP contribution < -0.4 is 4.74 Å². The Balaban J connectivity index is 1.75. The second-order valence-corrected chi connectivity index (χ2v) is 5.70. The molecule has 21 heavy (non-hydrogen) atoms. The summed E-state index contributed by atoms with van der Waals surface area (Å²) >= 11 is 0. The molecule has 0 saturated carbocycles. The third kappa shape index (κ3) is 3.24. The minimum Gasteiger partial charge on any atom is -0.480 e. The minimum absolute atomic E-state index is 0.327. The van der Waals surface area contributed by atoms with E-state index in [1.54, 1.807) is 13.4 Å². The first-order valence-electron chi connectivity index (χ1n) is 7.40. The van der Waals surface area contributed by atoms with Gasteiger partial charge in [-0.2, -0.15) is 5.10 Å². The number of ether oxygens (including phenoxy) is 1. The highest BCUT2D eigenvalue weighted by atomic mass is 16.5. The SMILES string of the molecule is COc1ccc(CN2CC[C@@H](C)C[C@@H]2c2ccco2)nn1. The topological polar surface area (TPSA) is 51.4 Å². The second-order valence-electron chi connectivity index (χ2n) is 5.70. The van der Waals surface area contributed by atoms with Gasteiger partial charge >= 0.3 is 0 Å². The molecule has 3 heterocycles. The second kappa shape index (κ2) is 6.26. The molecule has 112 valence electrons. The van der Waals surface area contributed by atoms with Gasteiger partial charge in [0.05, 0.1) is 25.1 Å². The normalized spacial score (nSPS) is 23.1. The van der Waals surface area contributed by atoms with Gasteiger partial charge < -0.3 is 9.15 Å². The highest BCUT2D eigenvalue weighted by molar-refractivity contribution is 5.12. The summed E-state index contributed by atoms with van der Waals surface area (Å²) < 4.78 is 10.7. The molecular formula is C16H21N3O2. The molecule has 0 unspecified atom stereocenters. The van der Waals surface area contributed by atoms with Gasteiger partial charge in [-0.3, -0.25) is 4.90 Å². The first-order chi connectivity index (χ1) is 10.3. The maximum atomic E-state index is 5.63. The van der Waals surface area contributed by atoms with E-state index >= 15 is 0 Å². The van der Waals surface area contributed by atoms with Gasteiger partial charge in [-0.1, -0.05) is 6.92 Å². The van der Waals surface area contributed by atoms with Crippen LogP contribution in [-0.2, 0) is 6.54 Å². The molecule has 2 atom stereocenters. The lowest BCUT2D eigenvalue weighted by atomic mass is 9.91. The van der Waals surface area contributed by atoms with Crippen molar-refractivity contribution < 1.29 is 9.15 Å². The number of methoxy groups -OCH3 is 1. The lowest BCUT2D eigenvalue weighted by molar-refractivity contribution is 0.0928. The maximum absolute atomic E-state index is 5.63. The van der Waals surface area contributed by atoms with E-state index in [-0.39, 0.29) is 0 Å². The van der Waals surface area contributed by atoms with Gasteiger partial charge in [0, 0.05) is 12.6 Å². The van der Waals surface area contributed by atoms with E-state index in [0.717, 1.165) is 36.9 Å². The Morgan fingerprint density at radius 1 is 1.33 bits per heavy atom. The van der Waals surface area contributed by atoms with Gasteiger partial charge in [-0.15, -0.1) is 5.10 Å². The zero-order valence-corrected chi connectivity index (χ0v) is 12.5. The van der Waals surface area contributed by atoms with Crippen LogP contribution in [0.1, 0.15) is 37.3 Å². The van der Waals surface area contributed by atoms with Crippen LogP contribution in [0.2, 0.25) is 0 Å². The molecule has 1 aliphatic heterocycles. The molecule has 1 fully saturated rings. The Kier molecular flexibility index (Phi) is 4.20. The van der Waals surface area contributed by atoms with Crippen molar-refractivity contribution in [1.29, 1.82) is 0 Å². The summed E-state index contributed by atoms with van der Waals surface area (Å²) in [5.41, 5.74) is 0.960. The van der Waals surface area contributed by atoms with Crippen LogP contribution in [0.25, 0.3) is 0 Å². The van der Waals surface area contributed by atoms with E-state index in [0.29, 0.717) is 11.9 Å². The van der Waals surface area contributed by atoms with Crippen molar-refractivity contribution in [2.75, 3.05) is 13.7 Å². The predicted molar refractivity (Wildman–Crippen MR) is 78.8 cm³/mol. The number of hydrogen-bond acceptors (Lipinski definition) is 5. The van der Waals surface area contributed by atoms with Gasteiger partial charge in [-0.05, 0) is 43.5 Å².